The zero-order chi connectivity index (χ0) is 27.1. The predicted molar refractivity (Wildman–Crippen MR) is 156 cm³/mol. The molecular weight excluding hydrogens is 494 g/mol. The van der Waals surface area contributed by atoms with E-state index in [9.17, 15) is 14.7 Å². The van der Waals surface area contributed by atoms with Gasteiger partial charge in [0.15, 0.2) is 0 Å². The third-order valence-electron chi connectivity index (χ3n) is 7.29. The summed E-state index contributed by atoms with van der Waals surface area (Å²) in [5, 5.41) is 12.3. The summed E-state index contributed by atoms with van der Waals surface area (Å²) < 4.78 is 0. The molecule has 2 aromatic carbocycles. The van der Waals surface area contributed by atoms with E-state index in [4.69, 9.17) is 0 Å². The van der Waals surface area contributed by atoms with E-state index < -0.39 is 11.2 Å². The van der Waals surface area contributed by atoms with Gasteiger partial charge < -0.3 is 15.3 Å². The van der Waals surface area contributed by atoms with Gasteiger partial charge in [0.05, 0.1) is 0 Å². The van der Waals surface area contributed by atoms with Crippen molar-refractivity contribution in [2.24, 2.45) is 5.92 Å². The number of carboxylic acid groups (broad SMARTS) is 1. The average molecular weight is 532 g/mol. The standard InChI is InChI=1S/C31H37N3O3S/c1-4-25-7-5-6-22(3)29(25)31(37)38-27(30(35)36)19-23-8-10-26(11-9-23)34-16-13-24(14-17-34)20-33-28-18-21(2)12-15-32-28/h5-12,15,18,24,27H,4,13-14,16-17,19-20H2,1-3H3,(H,32,33)(H,35,36). The van der Waals surface area contributed by atoms with E-state index in [1.807, 2.05) is 56.4 Å². The van der Waals surface area contributed by atoms with Crippen LogP contribution in [0.5, 0.6) is 0 Å². The fourth-order valence-corrected chi connectivity index (χ4v) is 6.06. The molecular formula is C31H37N3O3S. The third kappa shape index (κ3) is 7.16. The smallest absolute Gasteiger partial charge is 0.317 e. The molecule has 7 heteroatoms. The topological polar surface area (TPSA) is 82.5 Å². The lowest BCUT2D eigenvalue weighted by Gasteiger charge is -2.34. The van der Waals surface area contributed by atoms with Gasteiger partial charge in [0.1, 0.15) is 11.1 Å². The Kier molecular flexibility index (Phi) is 9.45. The van der Waals surface area contributed by atoms with Crippen molar-refractivity contribution in [1.82, 2.24) is 4.98 Å². The number of anilines is 2. The number of carbonyl (C=O) groups excluding carboxylic acids is 1. The highest BCUT2D eigenvalue weighted by Gasteiger charge is 2.26. The maximum Gasteiger partial charge on any atom is 0.317 e. The molecule has 38 heavy (non-hydrogen) atoms. The van der Waals surface area contributed by atoms with Gasteiger partial charge in [-0.3, -0.25) is 9.59 Å². The maximum absolute atomic E-state index is 13.1. The van der Waals surface area contributed by atoms with Gasteiger partial charge in [-0.15, -0.1) is 0 Å². The first-order valence-corrected chi connectivity index (χ1v) is 14.2. The van der Waals surface area contributed by atoms with E-state index in [0.29, 0.717) is 17.9 Å². The minimum absolute atomic E-state index is 0.167. The summed E-state index contributed by atoms with van der Waals surface area (Å²) in [6.07, 6.45) is 5.10. The van der Waals surface area contributed by atoms with E-state index in [-0.39, 0.29) is 5.12 Å². The molecule has 3 aromatic rings. The molecule has 6 nitrogen and oxygen atoms in total. The largest absolute Gasteiger partial charge is 0.480 e. The van der Waals surface area contributed by atoms with Gasteiger partial charge in [-0.25, -0.2) is 4.98 Å². The summed E-state index contributed by atoms with van der Waals surface area (Å²) in [7, 11) is 0. The van der Waals surface area contributed by atoms with Crippen LogP contribution in [0.15, 0.2) is 60.8 Å². The molecule has 1 fully saturated rings. The number of carbonyl (C=O) groups is 2. The number of hydrogen-bond acceptors (Lipinski definition) is 6. The number of nitrogens with zero attached hydrogens (tertiary/aromatic N) is 2. The molecule has 2 N–H and O–H groups in total. The number of benzene rings is 2. The summed E-state index contributed by atoms with van der Waals surface area (Å²) in [6.45, 7) is 8.90. The van der Waals surface area contributed by atoms with Crippen LogP contribution < -0.4 is 10.2 Å². The number of piperidine rings is 1. The quantitative estimate of drug-likeness (QED) is 0.324. The molecule has 1 aliphatic rings. The third-order valence-corrected chi connectivity index (χ3v) is 8.36. The molecule has 0 amide bonds. The fraction of sp³-hybridized carbons (Fsp3) is 0.387. The predicted octanol–water partition coefficient (Wildman–Crippen LogP) is 6.16. The molecule has 1 saturated heterocycles. The number of aromatic nitrogens is 1. The second-order valence-corrected chi connectivity index (χ2v) is 11.3. The highest BCUT2D eigenvalue weighted by atomic mass is 32.2. The molecule has 1 atom stereocenters. The van der Waals surface area contributed by atoms with E-state index >= 15 is 0 Å². The van der Waals surface area contributed by atoms with Gasteiger partial charge in [0, 0.05) is 37.1 Å². The zero-order valence-corrected chi connectivity index (χ0v) is 23.3. The fourth-order valence-electron chi connectivity index (χ4n) is 5.02. The molecule has 0 saturated carbocycles. The molecule has 1 aromatic heterocycles. The SMILES string of the molecule is CCc1cccc(C)c1C(=O)SC(Cc1ccc(N2CCC(CNc3cc(C)ccn3)CC2)cc1)C(=O)O. The molecule has 1 unspecified atom stereocenters. The molecule has 2 heterocycles. The monoisotopic (exact) mass is 531 g/mol. The molecule has 0 aliphatic carbocycles. The minimum atomic E-state index is -0.962. The van der Waals surface area contributed by atoms with Crippen molar-refractivity contribution in [2.75, 3.05) is 29.9 Å². The van der Waals surface area contributed by atoms with Crippen LogP contribution in [0, 0.1) is 19.8 Å². The van der Waals surface area contributed by atoms with Crippen molar-refractivity contribution in [3.63, 3.8) is 0 Å². The van der Waals surface area contributed by atoms with Gasteiger partial charge in [-0.05, 0) is 92.0 Å². The van der Waals surface area contributed by atoms with E-state index in [1.54, 1.807) is 0 Å². The second kappa shape index (κ2) is 13.0. The highest BCUT2D eigenvalue weighted by Crippen LogP contribution is 2.28. The maximum atomic E-state index is 13.1. The van der Waals surface area contributed by atoms with E-state index in [0.717, 1.165) is 78.9 Å². The number of hydrogen-bond donors (Lipinski definition) is 2. The van der Waals surface area contributed by atoms with Crippen molar-refractivity contribution < 1.29 is 14.7 Å². The Balaban J connectivity index is 1.31. The molecule has 4 rings (SSSR count). The van der Waals surface area contributed by atoms with Crippen LogP contribution in [-0.2, 0) is 17.6 Å². The zero-order valence-electron chi connectivity index (χ0n) is 22.4. The number of carboxylic acids is 1. The lowest BCUT2D eigenvalue weighted by Crippen LogP contribution is -2.35. The molecule has 1 aliphatic heterocycles. The van der Waals surface area contributed by atoms with Crippen molar-refractivity contribution in [1.29, 1.82) is 0 Å². The minimum Gasteiger partial charge on any atom is -0.480 e. The second-order valence-electron chi connectivity index (χ2n) is 10.1. The summed E-state index contributed by atoms with van der Waals surface area (Å²) in [5.41, 5.74) is 5.78. The number of aliphatic carboxylic acids is 1. The van der Waals surface area contributed by atoms with Crippen molar-refractivity contribution in [2.45, 2.75) is 51.7 Å². The van der Waals surface area contributed by atoms with Crippen LogP contribution in [0.2, 0.25) is 0 Å². The van der Waals surface area contributed by atoms with Gasteiger partial charge in [0.25, 0.3) is 0 Å². The molecule has 0 spiro atoms. The van der Waals surface area contributed by atoms with Crippen molar-refractivity contribution in [3.05, 3.63) is 88.6 Å². The van der Waals surface area contributed by atoms with Crippen molar-refractivity contribution in [3.8, 4) is 0 Å². The van der Waals surface area contributed by atoms with E-state index in [2.05, 4.69) is 40.3 Å². The van der Waals surface area contributed by atoms with Crippen molar-refractivity contribution >= 4 is 34.4 Å². The Morgan fingerprint density at radius 1 is 1.11 bits per heavy atom. The molecule has 0 bridgehead atoms. The highest BCUT2D eigenvalue weighted by molar-refractivity contribution is 8.15. The lowest BCUT2D eigenvalue weighted by atomic mass is 9.96. The Morgan fingerprint density at radius 3 is 2.50 bits per heavy atom. The first kappa shape index (κ1) is 27.7. The van der Waals surface area contributed by atoms with Gasteiger partial charge in [0.2, 0.25) is 5.12 Å². The Bertz CT molecular complexity index is 1250. The lowest BCUT2D eigenvalue weighted by molar-refractivity contribution is -0.136. The number of rotatable bonds is 10. The van der Waals surface area contributed by atoms with E-state index in [1.165, 1.54) is 5.56 Å². The normalized spacial score (nSPS) is 14.8. The summed E-state index contributed by atoms with van der Waals surface area (Å²) in [4.78, 5) is 31.9. The number of pyridine rings is 1. The van der Waals surface area contributed by atoms with Crippen LogP contribution in [0.4, 0.5) is 11.5 Å². The van der Waals surface area contributed by atoms with Gasteiger partial charge in [-0.1, -0.05) is 49.0 Å². The Hall–Kier alpha value is -3.32. The number of thioether (sulfide) groups is 1. The van der Waals surface area contributed by atoms with Gasteiger partial charge >= 0.3 is 5.97 Å². The first-order chi connectivity index (χ1) is 18.3. The number of nitrogens with one attached hydrogen (secondary N) is 1. The first-order valence-electron chi connectivity index (χ1n) is 13.4. The summed E-state index contributed by atoms with van der Waals surface area (Å²) in [5.74, 6) is 0.586. The average Bonchev–Trinajstić information content (AvgIpc) is 2.92. The summed E-state index contributed by atoms with van der Waals surface area (Å²) >= 11 is 0.921. The Morgan fingerprint density at radius 2 is 1.84 bits per heavy atom. The van der Waals surface area contributed by atoms with Gasteiger partial charge in [-0.2, -0.15) is 0 Å². The number of aryl methyl sites for hydroxylation is 3. The molecule has 200 valence electrons. The van der Waals surface area contributed by atoms with Crippen LogP contribution >= 0.6 is 11.8 Å². The van der Waals surface area contributed by atoms with Crippen LogP contribution in [0.25, 0.3) is 0 Å². The molecule has 0 radical (unpaired) electrons. The summed E-state index contributed by atoms with van der Waals surface area (Å²) in [6, 6.07) is 18.0. The van der Waals surface area contributed by atoms with Crippen LogP contribution in [0.3, 0.4) is 0 Å². The Labute approximate surface area is 229 Å². The van der Waals surface area contributed by atoms with Crippen LogP contribution in [0.1, 0.15) is 52.4 Å². The van der Waals surface area contributed by atoms with Crippen LogP contribution in [-0.4, -0.2) is 46.1 Å².